The van der Waals surface area contributed by atoms with E-state index in [4.69, 9.17) is 0 Å². The number of rotatable bonds is 8. The first-order chi connectivity index (χ1) is 17.2. The summed E-state index contributed by atoms with van der Waals surface area (Å²) in [4.78, 5) is 0. The fourth-order valence-electron chi connectivity index (χ4n) is 4.79. The summed E-state index contributed by atoms with van der Waals surface area (Å²) in [6.45, 7) is 2.39. The maximum Gasteiger partial charge on any atom is 0.0331 e. The molecule has 35 heavy (non-hydrogen) atoms. The molecular weight excluding hydrogens is 460 g/mol. The lowest BCUT2D eigenvalue weighted by Crippen LogP contribution is -2.36. The maximum atomic E-state index is 2.61. The Labute approximate surface area is 212 Å². The number of nitrogens with zero attached hydrogens (tertiary/aromatic N) is 1. The van der Waals surface area contributed by atoms with E-state index in [1.165, 1.54) is 26.8 Å². The zero-order chi connectivity index (χ0) is 24.0. The molecule has 3 heteroatoms. The van der Waals surface area contributed by atoms with Gasteiger partial charge >= 0.3 is 0 Å². The normalized spacial score (nSPS) is 16.1. The van der Waals surface area contributed by atoms with Crippen molar-refractivity contribution in [3.05, 3.63) is 145 Å². The molecule has 0 bridgehead atoms. The van der Waals surface area contributed by atoms with Gasteiger partial charge in [0.05, 0.1) is 0 Å². The fraction of sp³-hybridized carbons (Fsp3) is 0.125. The van der Waals surface area contributed by atoms with Crippen molar-refractivity contribution in [2.75, 3.05) is 7.05 Å². The van der Waals surface area contributed by atoms with Crippen molar-refractivity contribution < 1.29 is 0 Å². The number of hydrogen-bond acceptors (Lipinski definition) is 1. The van der Waals surface area contributed by atoms with Gasteiger partial charge in [0.25, 0.3) is 0 Å². The van der Waals surface area contributed by atoms with E-state index < -0.39 is 16.0 Å². The van der Waals surface area contributed by atoms with Crippen molar-refractivity contribution in [1.29, 1.82) is 0 Å². The summed E-state index contributed by atoms with van der Waals surface area (Å²) in [6, 6.07) is 44.4. The van der Waals surface area contributed by atoms with Gasteiger partial charge in [0.15, 0.2) is 0 Å². The molecule has 2 atom stereocenters. The fourth-order valence-corrected chi connectivity index (χ4v) is 10.0. The molecule has 1 aliphatic rings. The van der Waals surface area contributed by atoms with Gasteiger partial charge in [0.1, 0.15) is 0 Å². The zero-order valence-corrected chi connectivity index (χ0v) is 22.1. The van der Waals surface area contributed by atoms with E-state index in [-0.39, 0.29) is 0 Å². The summed E-state index contributed by atoms with van der Waals surface area (Å²) in [5.74, 6) is 0. The largest absolute Gasteiger partial charge is 0.271 e. The van der Waals surface area contributed by atoms with E-state index in [1.54, 1.807) is 0 Å². The van der Waals surface area contributed by atoms with Gasteiger partial charge in [-0.05, 0) is 48.7 Å². The Morgan fingerprint density at radius 3 is 1.43 bits per heavy atom. The number of allylic oxidation sites excluding steroid dienone is 3. The molecule has 0 fully saturated rings. The van der Waals surface area contributed by atoms with Crippen LogP contribution in [0.3, 0.4) is 0 Å². The second kappa shape index (κ2) is 11.3. The summed E-state index contributed by atoms with van der Waals surface area (Å²) in [6.07, 6.45) is 7.08. The van der Waals surface area contributed by atoms with E-state index in [2.05, 4.69) is 158 Å². The van der Waals surface area contributed by atoms with Gasteiger partial charge in [0.2, 0.25) is 0 Å². The van der Waals surface area contributed by atoms with Crippen LogP contribution in [0, 0.1) is 0 Å². The third kappa shape index (κ3) is 5.24. The van der Waals surface area contributed by atoms with Gasteiger partial charge in [-0.25, -0.2) is 0 Å². The maximum absolute atomic E-state index is 2.61. The van der Waals surface area contributed by atoms with Crippen LogP contribution in [0.5, 0.6) is 0 Å². The second-order valence-corrected chi connectivity index (χ2v) is 13.4. The summed E-state index contributed by atoms with van der Waals surface area (Å²) in [5, 5.41) is 5.64. The third-order valence-electron chi connectivity index (χ3n) is 6.63. The van der Waals surface area contributed by atoms with E-state index in [0.717, 1.165) is 0 Å². The highest BCUT2D eigenvalue weighted by Gasteiger charge is 2.34. The molecule has 0 amide bonds. The lowest BCUT2D eigenvalue weighted by Gasteiger charge is -2.38. The summed E-state index contributed by atoms with van der Waals surface area (Å²) in [5.41, 5.74) is 1.89. The second-order valence-electron chi connectivity index (χ2n) is 8.77. The van der Waals surface area contributed by atoms with Crippen LogP contribution in [0.1, 0.15) is 6.92 Å². The predicted octanol–water partition coefficient (Wildman–Crippen LogP) is 6.35. The van der Waals surface area contributed by atoms with Crippen molar-refractivity contribution >= 4 is 37.2 Å². The number of benzene rings is 4. The molecule has 1 nitrogen and oxygen atoms in total. The van der Waals surface area contributed by atoms with Gasteiger partial charge in [-0.15, -0.1) is 0 Å². The van der Waals surface area contributed by atoms with Gasteiger partial charge in [-0.1, -0.05) is 140 Å². The van der Waals surface area contributed by atoms with E-state index >= 15 is 0 Å². The smallest absolute Gasteiger partial charge is 0.0331 e. The zero-order valence-electron chi connectivity index (χ0n) is 20.3. The topological polar surface area (TPSA) is 3.24 Å². The first-order valence-corrected chi connectivity index (χ1v) is 14.8. The van der Waals surface area contributed by atoms with Gasteiger partial charge < -0.3 is 0 Å². The minimum absolute atomic E-state index is 0.305. The molecule has 5 rings (SSSR count). The molecular formula is C32H31NP2. The highest BCUT2D eigenvalue weighted by Crippen LogP contribution is 2.49. The molecule has 0 unspecified atom stereocenters. The van der Waals surface area contributed by atoms with Crippen LogP contribution in [0.2, 0.25) is 0 Å². The minimum atomic E-state index is -0.643. The van der Waals surface area contributed by atoms with Crippen molar-refractivity contribution in [3.8, 4) is 0 Å². The molecule has 1 aliphatic carbocycles. The summed E-state index contributed by atoms with van der Waals surface area (Å²) >= 11 is 0. The Bertz CT molecular complexity index is 1190. The van der Waals surface area contributed by atoms with Crippen molar-refractivity contribution in [2.24, 2.45) is 0 Å². The predicted molar refractivity (Wildman–Crippen MR) is 156 cm³/mol. The van der Waals surface area contributed by atoms with Crippen LogP contribution in [0.15, 0.2) is 145 Å². The summed E-state index contributed by atoms with van der Waals surface area (Å²) in [7, 11) is 1.11. The molecule has 0 saturated heterocycles. The van der Waals surface area contributed by atoms with Crippen LogP contribution in [0.4, 0.5) is 0 Å². The first kappa shape index (κ1) is 23.9. The van der Waals surface area contributed by atoms with Crippen LogP contribution in [-0.4, -0.2) is 23.4 Å². The average molecular weight is 492 g/mol. The monoisotopic (exact) mass is 491 g/mol. The van der Waals surface area contributed by atoms with Crippen LogP contribution < -0.4 is 21.2 Å². The Hall–Kier alpha value is -2.82. The Morgan fingerprint density at radius 2 is 1.00 bits per heavy atom. The van der Waals surface area contributed by atoms with Gasteiger partial charge in [0, 0.05) is 19.8 Å². The highest BCUT2D eigenvalue weighted by molar-refractivity contribution is 7.74. The van der Waals surface area contributed by atoms with Crippen LogP contribution in [0.25, 0.3) is 0 Å². The molecule has 0 heterocycles. The molecule has 0 aliphatic heterocycles. The summed E-state index contributed by atoms with van der Waals surface area (Å²) < 4.78 is 2.61. The standard InChI is InChI=1S/C32H31NP2/c1-26(33(2)35(29-20-11-5-12-21-29)30-22-13-6-14-23-30)31-24-15-25-32(31)34(27-16-7-3-8-17-27)28-18-9-4-10-19-28/h3-26,32H,1-2H3/t26-,32-/m0/s1. The van der Waals surface area contributed by atoms with E-state index in [1.807, 2.05) is 0 Å². The lowest BCUT2D eigenvalue weighted by atomic mass is 10.1. The Balaban J connectivity index is 1.51. The molecule has 0 radical (unpaired) electrons. The van der Waals surface area contributed by atoms with E-state index in [0.29, 0.717) is 11.7 Å². The van der Waals surface area contributed by atoms with Crippen LogP contribution >= 0.6 is 16.0 Å². The van der Waals surface area contributed by atoms with Crippen molar-refractivity contribution in [3.63, 3.8) is 0 Å². The molecule has 0 aromatic heterocycles. The SMILES string of the molecule is C[C@@H](C1=CC=C[C@@H]1P(c1ccccc1)c1ccccc1)N(C)P(c1ccccc1)c1ccccc1. The Kier molecular flexibility index (Phi) is 7.70. The molecule has 0 spiro atoms. The van der Waals surface area contributed by atoms with E-state index in [9.17, 15) is 0 Å². The quantitative estimate of drug-likeness (QED) is 0.260. The number of likely N-dealkylation sites (N-methyl/N-ethyl adjacent to an activating group) is 1. The molecule has 4 aromatic rings. The third-order valence-corrected chi connectivity index (χ3v) is 11.9. The van der Waals surface area contributed by atoms with Gasteiger partial charge in [-0.2, -0.15) is 0 Å². The van der Waals surface area contributed by atoms with Crippen LogP contribution in [-0.2, 0) is 0 Å². The average Bonchev–Trinajstić information content (AvgIpc) is 3.40. The minimum Gasteiger partial charge on any atom is -0.271 e. The highest BCUT2D eigenvalue weighted by atomic mass is 31.1. The molecule has 0 N–H and O–H groups in total. The molecule has 0 saturated carbocycles. The molecule has 174 valence electrons. The van der Waals surface area contributed by atoms with Crippen molar-refractivity contribution in [2.45, 2.75) is 18.6 Å². The lowest BCUT2D eigenvalue weighted by molar-refractivity contribution is 0.476. The first-order valence-electron chi connectivity index (χ1n) is 12.1. The number of hydrogen-bond donors (Lipinski definition) is 0. The Morgan fingerprint density at radius 1 is 0.600 bits per heavy atom. The molecule has 4 aromatic carbocycles. The van der Waals surface area contributed by atoms with Gasteiger partial charge in [-0.3, -0.25) is 4.67 Å². The van der Waals surface area contributed by atoms with Crippen molar-refractivity contribution in [1.82, 2.24) is 4.67 Å².